The van der Waals surface area contributed by atoms with Gasteiger partial charge in [0, 0.05) is 52.7 Å². The third-order valence-corrected chi connectivity index (χ3v) is 9.15. The van der Waals surface area contributed by atoms with Crippen LogP contribution in [0.3, 0.4) is 0 Å². The van der Waals surface area contributed by atoms with Crippen LogP contribution in [0.4, 0.5) is 5.69 Å². The summed E-state index contributed by atoms with van der Waals surface area (Å²) in [6.45, 7) is 13.2. The van der Waals surface area contributed by atoms with E-state index in [1.165, 1.54) is 46.8 Å². The highest BCUT2D eigenvalue weighted by molar-refractivity contribution is 6.09. The van der Waals surface area contributed by atoms with Crippen molar-refractivity contribution in [2.24, 2.45) is 0 Å². The quantitative estimate of drug-likeness (QED) is 0.0880. The molecule has 242 valence electrons. The minimum Gasteiger partial charge on any atom is -0.480 e. The monoisotopic (exact) mass is 633 g/mol. The summed E-state index contributed by atoms with van der Waals surface area (Å²) in [6.07, 6.45) is 13.0. The van der Waals surface area contributed by atoms with Gasteiger partial charge in [-0.05, 0) is 87.2 Å². The topological polar surface area (TPSA) is 88.8 Å². The van der Waals surface area contributed by atoms with Crippen LogP contribution in [0.2, 0.25) is 0 Å². The van der Waals surface area contributed by atoms with Crippen molar-refractivity contribution in [2.75, 3.05) is 18.0 Å². The Balaban J connectivity index is 1.54. The van der Waals surface area contributed by atoms with E-state index in [1.54, 1.807) is 0 Å². The molecular formula is C42H43N5O. The van der Waals surface area contributed by atoms with E-state index >= 15 is 0 Å². The second kappa shape index (κ2) is 14.9. The summed E-state index contributed by atoms with van der Waals surface area (Å²) in [5.74, 6) is 0.0502. The fourth-order valence-corrected chi connectivity index (χ4v) is 6.52. The van der Waals surface area contributed by atoms with Crippen molar-refractivity contribution in [3.63, 3.8) is 0 Å². The fourth-order valence-electron chi connectivity index (χ4n) is 6.52. The average molecular weight is 634 g/mol. The first-order chi connectivity index (χ1) is 23.3. The predicted molar refractivity (Wildman–Crippen MR) is 198 cm³/mol. The number of anilines is 1. The standard InChI is InChI=1S/C42H43N5O/c1-6-9-10-11-24-47-39-22-17-31(13-12-30-14-19-34(20-15-30)46(7-2)8-3)25-35(39)36-26-32(18-23-40(36)47)16-21-38-37(29-45)41(33(27-43)28-44)48-42(38,4)5/h12-23,25-26H,6-11,24H2,1-5H3/b13-12+,21-16+. The van der Waals surface area contributed by atoms with Crippen LogP contribution in [-0.2, 0) is 11.3 Å². The molecule has 1 aliphatic rings. The molecule has 6 heteroatoms. The zero-order valence-electron chi connectivity index (χ0n) is 28.7. The molecule has 0 unspecified atom stereocenters. The first kappa shape index (κ1) is 33.8. The van der Waals surface area contributed by atoms with Crippen molar-refractivity contribution in [3.05, 3.63) is 106 Å². The van der Waals surface area contributed by atoms with Crippen molar-refractivity contribution < 1.29 is 4.74 Å². The van der Waals surface area contributed by atoms with E-state index in [1.807, 2.05) is 38.1 Å². The summed E-state index contributed by atoms with van der Waals surface area (Å²) in [5, 5.41) is 31.2. The third-order valence-electron chi connectivity index (χ3n) is 9.15. The lowest BCUT2D eigenvalue weighted by Crippen LogP contribution is -2.21. The lowest BCUT2D eigenvalue weighted by molar-refractivity contribution is 0.0954. The Bertz CT molecular complexity index is 2050. The molecule has 3 aromatic carbocycles. The van der Waals surface area contributed by atoms with E-state index in [4.69, 9.17) is 4.74 Å². The zero-order chi connectivity index (χ0) is 34.3. The highest BCUT2D eigenvalue weighted by atomic mass is 16.5. The molecule has 4 aromatic rings. The van der Waals surface area contributed by atoms with Crippen LogP contribution in [0.1, 0.15) is 77.0 Å². The van der Waals surface area contributed by atoms with Crippen LogP contribution >= 0.6 is 0 Å². The van der Waals surface area contributed by atoms with E-state index in [0.29, 0.717) is 5.57 Å². The molecule has 0 saturated heterocycles. The van der Waals surface area contributed by atoms with Gasteiger partial charge in [-0.1, -0.05) is 74.8 Å². The average Bonchev–Trinajstić information content (AvgIpc) is 3.55. The van der Waals surface area contributed by atoms with E-state index < -0.39 is 5.60 Å². The van der Waals surface area contributed by atoms with Crippen molar-refractivity contribution in [1.29, 1.82) is 15.8 Å². The Labute approximate surface area is 284 Å². The first-order valence-corrected chi connectivity index (χ1v) is 16.9. The fraction of sp³-hybridized carbons (Fsp3) is 0.310. The van der Waals surface area contributed by atoms with Gasteiger partial charge in [-0.15, -0.1) is 0 Å². The smallest absolute Gasteiger partial charge is 0.172 e. The second-order valence-corrected chi connectivity index (χ2v) is 12.6. The molecule has 48 heavy (non-hydrogen) atoms. The highest BCUT2D eigenvalue weighted by Gasteiger charge is 2.38. The van der Waals surface area contributed by atoms with Crippen LogP contribution in [0.25, 0.3) is 40.0 Å². The molecule has 0 aliphatic carbocycles. The number of aromatic nitrogens is 1. The number of ether oxygens (including phenoxy) is 1. The molecule has 2 heterocycles. The van der Waals surface area contributed by atoms with Gasteiger partial charge in [-0.25, -0.2) is 0 Å². The molecule has 0 amide bonds. The Morgan fingerprint density at radius 1 is 0.750 bits per heavy atom. The third kappa shape index (κ3) is 6.92. The maximum absolute atomic E-state index is 9.96. The van der Waals surface area contributed by atoms with E-state index in [2.05, 4.69) is 109 Å². The Morgan fingerprint density at radius 3 is 1.85 bits per heavy atom. The maximum Gasteiger partial charge on any atom is 0.172 e. The van der Waals surface area contributed by atoms with Crippen LogP contribution in [0, 0.1) is 34.0 Å². The highest BCUT2D eigenvalue weighted by Crippen LogP contribution is 2.40. The number of nitrogens with zero attached hydrogens (tertiary/aromatic N) is 5. The molecule has 1 aromatic heterocycles. The largest absolute Gasteiger partial charge is 0.480 e. The van der Waals surface area contributed by atoms with Crippen LogP contribution in [-0.4, -0.2) is 23.3 Å². The van der Waals surface area contributed by atoms with Gasteiger partial charge in [0.05, 0.1) is 0 Å². The van der Waals surface area contributed by atoms with Gasteiger partial charge in [0.1, 0.15) is 29.4 Å². The summed E-state index contributed by atoms with van der Waals surface area (Å²) < 4.78 is 8.40. The normalized spacial score (nSPS) is 14.1. The second-order valence-electron chi connectivity index (χ2n) is 12.6. The molecule has 6 nitrogen and oxygen atoms in total. The summed E-state index contributed by atoms with van der Waals surface area (Å²) in [6, 6.07) is 27.8. The van der Waals surface area contributed by atoms with Crippen molar-refractivity contribution in [3.8, 4) is 18.2 Å². The Kier molecular flexibility index (Phi) is 10.5. The van der Waals surface area contributed by atoms with Crippen LogP contribution < -0.4 is 4.90 Å². The van der Waals surface area contributed by atoms with Gasteiger partial charge in [0.2, 0.25) is 0 Å². The van der Waals surface area contributed by atoms with E-state index in [-0.39, 0.29) is 16.9 Å². The van der Waals surface area contributed by atoms with Crippen LogP contribution in [0.15, 0.2) is 89.2 Å². The molecule has 5 rings (SSSR count). The number of allylic oxidation sites excluding steroid dienone is 2. The molecule has 0 saturated carbocycles. The molecule has 0 spiro atoms. The number of fused-ring (bicyclic) bond motifs is 3. The molecular weight excluding hydrogens is 590 g/mol. The predicted octanol–water partition coefficient (Wildman–Crippen LogP) is 10.3. The minimum atomic E-state index is -0.860. The number of benzene rings is 3. The maximum atomic E-state index is 9.96. The lowest BCUT2D eigenvalue weighted by atomic mass is 9.94. The van der Waals surface area contributed by atoms with E-state index in [9.17, 15) is 15.8 Å². The minimum absolute atomic E-state index is 0.0502. The summed E-state index contributed by atoms with van der Waals surface area (Å²) >= 11 is 0. The van der Waals surface area contributed by atoms with Gasteiger partial charge >= 0.3 is 0 Å². The van der Waals surface area contributed by atoms with Crippen molar-refractivity contribution in [2.45, 2.75) is 72.4 Å². The van der Waals surface area contributed by atoms with Crippen molar-refractivity contribution in [1.82, 2.24) is 4.57 Å². The molecule has 1 aliphatic heterocycles. The van der Waals surface area contributed by atoms with Gasteiger partial charge < -0.3 is 14.2 Å². The number of hydrogen-bond donors (Lipinski definition) is 0. The SMILES string of the molecule is CCCCCCn1c2ccc(/C=C/C3=C(C#N)C(=C(C#N)C#N)OC3(C)C)cc2c2cc(/C=C/c3ccc(N(CC)CC)cc3)ccc21. The molecule has 0 radical (unpaired) electrons. The van der Waals surface area contributed by atoms with Gasteiger partial charge in [-0.3, -0.25) is 0 Å². The first-order valence-electron chi connectivity index (χ1n) is 16.9. The van der Waals surface area contributed by atoms with Crippen molar-refractivity contribution >= 4 is 45.7 Å². The molecule has 0 atom stereocenters. The van der Waals surface area contributed by atoms with Gasteiger partial charge in [0.15, 0.2) is 11.3 Å². The Morgan fingerprint density at radius 2 is 1.31 bits per heavy atom. The summed E-state index contributed by atoms with van der Waals surface area (Å²) in [7, 11) is 0. The molecule has 0 fully saturated rings. The number of rotatable bonds is 12. The summed E-state index contributed by atoms with van der Waals surface area (Å²) in [5.41, 5.74) is 6.75. The van der Waals surface area contributed by atoms with E-state index in [0.717, 1.165) is 42.7 Å². The number of hydrogen-bond acceptors (Lipinski definition) is 5. The van der Waals surface area contributed by atoms with Crippen LogP contribution in [0.5, 0.6) is 0 Å². The van der Waals surface area contributed by atoms with Gasteiger partial charge in [-0.2, -0.15) is 15.8 Å². The Hall–Kier alpha value is -5.51. The summed E-state index contributed by atoms with van der Waals surface area (Å²) in [4.78, 5) is 2.35. The molecule has 0 N–H and O–H groups in total. The number of unbranched alkanes of at least 4 members (excludes halogenated alkanes) is 3. The zero-order valence-corrected chi connectivity index (χ0v) is 28.7. The number of aryl methyl sites for hydroxylation is 1. The lowest BCUT2D eigenvalue weighted by Gasteiger charge is -2.20. The number of nitriles is 3. The molecule has 0 bridgehead atoms. The van der Waals surface area contributed by atoms with Gasteiger partial charge in [0.25, 0.3) is 0 Å².